The predicted octanol–water partition coefficient (Wildman–Crippen LogP) is 2.02. The highest BCUT2D eigenvalue weighted by Gasteiger charge is 2.76. The molecule has 108 valence electrons. The number of alkyl halides is 2. The Labute approximate surface area is 113 Å². The molecule has 7 heteroatoms. The molecule has 1 unspecified atom stereocenters. The molecule has 1 amide bonds. The zero-order valence-electron chi connectivity index (χ0n) is 10.4. The van der Waals surface area contributed by atoms with Crippen LogP contribution < -0.4 is 5.32 Å². The number of carbonyl (C=O) groups excluding carboxylic acids is 1. The van der Waals surface area contributed by atoms with Gasteiger partial charge in [-0.3, -0.25) is 4.79 Å². The number of ether oxygens (including phenoxy) is 1. The minimum Gasteiger partial charge on any atom is -0.481 e. The first-order valence-corrected chi connectivity index (χ1v) is 5.93. The normalized spacial score (nSPS) is 22.9. The number of hydrogen-bond donors (Lipinski definition) is 2. The van der Waals surface area contributed by atoms with Crippen molar-refractivity contribution in [3.8, 4) is 0 Å². The number of halogens is 2. The lowest BCUT2D eigenvalue weighted by Crippen LogP contribution is -2.37. The highest BCUT2D eigenvalue weighted by molar-refractivity contribution is 5.81. The van der Waals surface area contributed by atoms with Crippen molar-refractivity contribution in [2.45, 2.75) is 19.0 Å². The third-order valence-electron chi connectivity index (χ3n) is 3.26. The van der Waals surface area contributed by atoms with Crippen LogP contribution in [0.4, 0.5) is 13.6 Å². The van der Waals surface area contributed by atoms with E-state index in [0.29, 0.717) is 0 Å². The van der Waals surface area contributed by atoms with E-state index in [-0.39, 0.29) is 6.61 Å². The summed E-state index contributed by atoms with van der Waals surface area (Å²) in [6.07, 6.45) is -1.69. The maximum absolute atomic E-state index is 13.0. The van der Waals surface area contributed by atoms with Gasteiger partial charge in [-0.2, -0.15) is 0 Å². The number of carboxylic acids is 1. The zero-order chi connectivity index (χ0) is 14.8. The van der Waals surface area contributed by atoms with Gasteiger partial charge in [0, 0.05) is 13.0 Å². The van der Waals surface area contributed by atoms with Gasteiger partial charge in [0.1, 0.15) is 6.61 Å². The topological polar surface area (TPSA) is 75.6 Å². The van der Waals surface area contributed by atoms with Crippen LogP contribution in [-0.4, -0.2) is 29.6 Å². The van der Waals surface area contributed by atoms with Crippen LogP contribution in [0.1, 0.15) is 12.0 Å². The summed E-state index contributed by atoms with van der Waals surface area (Å²) in [6, 6.07) is 8.80. The van der Waals surface area contributed by atoms with Gasteiger partial charge in [-0.1, -0.05) is 30.3 Å². The average molecular weight is 285 g/mol. The molecular weight excluding hydrogens is 272 g/mol. The number of carbonyl (C=O) groups is 2. The molecule has 1 aliphatic carbocycles. The largest absolute Gasteiger partial charge is 0.481 e. The Balaban J connectivity index is 1.80. The van der Waals surface area contributed by atoms with Gasteiger partial charge in [0.05, 0.1) is 0 Å². The summed E-state index contributed by atoms with van der Waals surface area (Å²) in [5.41, 5.74) is -1.45. The van der Waals surface area contributed by atoms with Gasteiger partial charge in [0.15, 0.2) is 5.41 Å². The molecule has 1 saturated carbocycles. The Kier molecular flexibility index (Phi) is 3.61. The van der Waals surface area contributed by atoms with Crippen molar-refractivity contribution < 1.29 is 28.2 Å². The molecule has 1 atom stereocenters. The number of benzene rings is 1. The standard InChI is InChI=1S/C13H13F2NO4/c14-13(15)7-12(13,10(17)18)8-16-11(19)20-6-9-4-2-1-3-5-9/h1-5H,6-8H2,(H,16,19)(H,17,18). The number of rotatable bonds is 5. The van der Waals surface area contributed by atoms with Crippen molar-refractivity contribution in [3.05, 3.63) is 35.9 Å². The molecule has 1 aromatic rings. The van der Waals surface area contributed by atoms with Gasteiger partial charge in [-0.05, 0) is 5.56 Å². The monoisotopic (exact) mass is 285 g/mol. The Hall–Kier alpha value is -2.18. The summed E-state index contributed by atoms with van der Waals surface area (Å²) in [5, 5.41) is 10.9. The number of carboxylic acid groups (broad SMARTS) is 1. The number of amides is 1. The van der Waals surface area contributed by atoms with Crippen LogP contribution in [0.5, 0.6) is 0 Å². The Bertz CT molecular complexity index is 520. The van der Waals surface area contributed by atoms with Crippen LogP contribution in [0, 0.1) is 5.41 Å². The van der Waals surface area contributed by atoms with E-state index >= 15 is 0 Å². The van der Waals surface area contributed by atoms with E-state index in [1.165, 1.54) is 0 Å². The molecule has 5 nitrogen and oxygen atoms in total. The maximum Gasteiger partial charge on any atom is 0.407 e. The lowest BCUT2D eigenvalue weighted by molar-refractivity contribution is -0.147. The van der Waals surface area contributed by atoms with Crippen LogP contribution >= 0.6 is 0 Å². The minimum atomic E-state index is -3.29. The summed E-state index contributed by atoms with van der Waals surface area (Å²) in [4.78, 5) is 22.2. The summed E-state index contributed by atoms with van der Waals surface area (Å²) in [5.74, 6) is -4.91. The van der Waals surface area contributed by atoms with Gasteiger partial charge < -0.3 is 15.2 Å². The molecule has 20 heavy (non-hydrogen) atoms. The summed E-state index contributed by atoms with van der Waals surface area (Å²) >= 11 is 0. The van der Waals surface area contributed by atoms with E-state index in [1.54, 1.807) is 30.3 Å². The molecule has 0 spiro atoms. The first-order valence-electron chi connectivity index (χ1n) is 5.93. The Morgan fingerprint density at radius 2 is 1.90 bits per heavy atom. The van der Waals surface area contributed by atoms with Crippen LogP contribution in [0.3, 0.4) is 0 Å². The van der Waals surface area contributed by atoms with Gasteiger partial charge in [-0.15, -0.1) is 0 Å². The second-order valence-electron chi connectivity index (χ2n) is 4.68. The molecule has 0 heterocycles. The van der Waals surface area contributed by atoms with Crippen LogP contribution in [0.15, 0.2) is 30.3 Å². The third-order valence-corrected chi connectivity index (χ3v) is 3.26. The van der Waals surface area contributed by atoms with E-state index < -0.39 is 36.4 Å². The van der Waals surface area contributed by atoms with E-state index in [1.807, 2.05) is 0 Å². The van der Waals surface area contributed by atoms with Crippen molar-refractivity contribution >= 4 is 12.1 Å². The zero-order valence-corrected chi connectivity index (χ0v) is 10.4. The van der Waals surface area contributed by atoms with Crippen LogP contribution in [-0.2, 0) is 16.1 Å². The molecule has 0 bridgehead atoms. The fourth-order valence-electron chi connectivity index (χ4n) is 1.83. The molecule has 1 aliphatic rings. The molecule has 0 aromatic heterocycles. The molecule has 1 aromatic carbocycles. The SMILES string of the molecule is O=C(NCC1(C(=O)O)CC1(F)F)OCc1ccccc1. The van der Waals surface area contributed by atoms with Crippen LogP contribution in [0.2, 0.25) is 0 Å². The average Bonchev–Trinajstić information content (AvgIpc) is 2.99. The van der Waals surface area contributed by atoms with E-state index in [0.717, 1.165) is 5.56 Å². The fourth-order valence-corrected chi connectivity index (χ4v) is 1.83. The lowest BCUT2D eigenvalue weighted by Gasteiger charge is -2.12. The second kappa shape index (κ2) is 5.07. The van der Waals surface area contributed by atoms with E-state index in [9.17, 15) is 18.4 Å². The summed E-state index contributed by atoms with van der Waals surface area (Å²) in [7, 11) is 0. The Morgan fingerprint density at radius 3 is 2.40 bits per heavy atom. The highest BCUT2D eigenvalue weighted by Crippen LogP contribution is 2.60. The van der Waals surface area contributed by atoms with E-state index in [4.69, 9.17) is 9.84 Å². The molecule has 2 rings (SSSR count). The van der Waals surface area contributed by atoms with Crippen molar-refractivity contribution in [2.24, 2.45) is 5.41 Å². The first-order chi connectivity index (χ1) is 9.37. The third kappa shape index (κ3) is 2.71. The predicted molar refractivity (Wildman–Crippen MR) is 64.3 cm³/mol. The molecular formula is C13H13F2NO4. The molecule has 2 N–H and O–H groups in total. The maximum atomic E-state index is 13.0. The smallest absolute Gasteiger partial charge is 0.407 e. The van der Waals surface area contributed by atoms with Gasteiger partial charge >= 0.3 is 12.1 Å². The summed E-state index contributed by atoms with van der Waals surface area (Å²) < 4.78 is 30.9. The molecule has 0 saturated heterocycles. The van der Waals surface area contributed by atoms with Gasteiger partial charge in [0.25, 0.3) is 5.92 Å². The molecule has 1 fully saturated rings. The minimum absolute atomic E-state index is 0.0108. The van der Waals surface area contributed by atoms with Crippen LogP contribution in [0.25, 0.3) is 0 Å². The quantitative estimate of drug-likeness (QED) is 0.868. The van der Waals surface area contributed by atoms with Crippen molar-refractivity contribution in [1.82, 2.24) is 5.32 Å². The van der Waals surface area contributed by atoms with Crippen molar-refractivity contribution in [1.29, 1.82) is 0 Å². The highest BCUT2D eigenvalue weighted by atomic mass is 19.3. The number of alkyl carbamates (subject to hydrolysis) is 1. The van der Waals surface area contributed by atoms with Gasteiger partial charge in [-0.25, -0.2) is 13.6 Å². The molecule has 0 aliphatic heterocycles. The Morgan fingerprint density at radius 1 is 1.30 bits per heavy atom. The number of aliphatic carboxylic acids is 1. The lowest BCUT2D eigenvalue weighted by atomic mass is 10.1. The second-order valence-corrected chi connectivity index (χ2v) is 4.68. The molecule has 0 radical (unpaired) electrons. The first kappa shape index (κ1) is 14.2. The van der Waals surface area contributed by atoms with Gasteiger partial charge in [0.2, 0.25) is 0 Å². The summed E-state index contributed by atoms with van der Waals surface area (Å²) in [6.45, 7) is -0.661. The van der Waals surface area contributed by atoms with Crippen molar-refractivity contribution in [3.63, 3.8) is 0 Å². The number of nitrogens with one attached hydrogen (secondary N) is 1. The van der Waals surface area contributed by atoms with Crippen molar-refractivity contribution in [2.75, 3.05) is 6.54 Å². The van der Waals surface area contributed by atoms with E-state index in [2.05, 4.69) is 5.32 Å². The number of hydrogen-bond acceptors (Lipinski definition) is 3. The fraction of sp³-hybridized carbons (Fsp3) is 0.385.